The van der Waals surface area contributed by atoms with E-state index in [4.69, 9.17) is 4.74 Å². The summed E-state index contributed by atoms with van der Waals surface area (Å²) in [6.45, 7) is 4.09. The average Bonchev–Trinajstić information content (AvgIpc) is 2.29. The number of esters is 1. The number of hydrogen-bond donors (Lipinski definition) is 1. The van der Waals surface area contributed by atoms with Gasteiger partial charge < -0.3 is 10.1 Å². The number of hydrogen-bond acceptors (Lipinski definition) is 3. The van der Waals surface area contributed by atoms with Crippen molar-refractivity contribution < 1.29 is 14.3 Å². The topological polar surface area (TPSA) is 55.4 Å². The van der Waals surface area contributed by atoms with E-state index in [0.29, 0.717) is 17.9 Å². The predicted octanol–water partition coefficient (Wildman–Crippen LogP) is 2.14. The molecule has 1 N–H and O–H groups in total. The Balaban J connectivity index is 2.54. The van der Waals surface area contributed by atoms with E-state index in [9.17, 15) is 9.59 Å². The number of rotatable bonds is 5. The molecule has 1 aromatic carbocycles. The number of carbonyl (C=O) groups is 2. The first kappa shape index (κ1) is 13.2. The van der Waals surface area contributed by atoms with Crippen molar-refractivity contribution in [1.29, 1.82) is 0 Å². The fourth-order valence-electron chi connectivity index (χ4n) is 1.32. The molecule has 4 heteroatoms. The molecule has 0 atom stereocenters. The molecular weight excluding hydrogens is 218 g/mol. The maximum Gasteiger partial charge on any atom is 0.308 e. The molecular formula is C13H17NO3. The van der Waals surface area contributed by atoms with Gasteiger partial charge in [-0.15, -0.1) is 0 Å². The number of unbranched alkanes of at least 4 members (excludes halogenated alkanes) is 1. The van der Waals surface area contributed by atoms with Crippen molar-refractivity contribution in [2.24, 2.45) is 0 Å². The second-order valence-corrected chi connectivity index (χ2v) is 3.73. The van der Waals surface area contributed by atoms with Crippen molar-refractivity contribution in [3.8, 4) is 5.75 Å². The van der Waals surface area contributed by atoms with Crippen LogP contribution in [0.1, 0.15) is 37.0 Å². The molecule has 0 saturated heterocycles. The van der Waals surface area contributed by atoms with Gasteiger partial charge in [-0.3, -0.25) is 9.59 Å². The van der Waals surface area contributed by atoms with Crippen molar-refractivity contribution in [3.63, 3.8) is 0 Å². The molecule has 0 aliphatic carbocycles. The van der Waals surface area contributed by atoms with Crippen LogP contribution in [-0.2, 0) is 4.79 Å². The van der Waals surface area contributed by atoms with E-state index in [1.165, 1.54) is 6.92 Å². The molecule has 0 aromatic heterocycles. The van der Waals surface area contributed by atoms with Crippen molar-refractivity contribution >= 4 is 11.9 Å². The summed E-state index contributed by atoms with van der Waals surface area (Å²) in [5.74, 6) is -0.0272. The number of ether oxygens (including phenoxy) is 1. The standard InChI is InChI=1S/C13H17NO3/c1-3-4-9-14-13(16)11-5-7-12(8-6-11)17-10(2)15/h5-8H,3-4,9H2,1-2H3,(H,14,16). The van der Waals surface area contributed by atoms with E-state index in [-0.39, 0.29) is 11.9 Å². The molecule has 0 saturated carbocycles. The molecule has 0 heterocycles. The fourth-order valence-corrected chi connectivity index (χ4v) is 1.32. The van der Waals surface area contributed by atoms with E-state index in [0.717, 1.165) is 12.8 Å². The Morgan fingerprint density at radius 1 is 1.24 bits per heavy atom. The van der Waals surface area contributed by atoms with Crippen LogP contribution in [0.4, 0.5) is 0 Å². The highest BCUT2D eigenvalue weighted by Gasteiger charge is 2.05. The maximum atomic E-state index is 11.6. The van der Waals surface area contributed by atoms with E-state index in [1.807, 2.05) is 0 Å². The van der Waals surface area contributed by atoms with Crippen LogP contribution in [0.5, 0.6) is 5.75 Å². The van der Waals surface area contributed by atoms with Crippen LogP contribution in [0.2, 0.25) is 0 Å². The van der Waals surface area contributed by atoms with Crippen molar-refractivity contribution in [2.75, 3.05) is 6.54 Å². The summed E-state index contributed by atoms with van der Waals surface area (Å²) in [4.78, 5) is 22.3. The predicted molar refractivity (Wildman–Crippen MR) is 65.0 cm³/mol. The summed E-state index contributed by atoms with van der Waals surface area (Å²) < 4.78 is 4.88. The van der Waals surface area contributed by atoms with Crippen molar-refractivity contribution in [1.82, 2.24) is 5.32 Å². The molecule has 0 aliphatic heterocycles. The lowest BCUT2D eigenvalue weighted by Crippen LogP contribution is -2.24. The molecule has 0 aliphatic rings. The van der Waals surface area contributed by atoms with Gasteiger partial charge in [0.15, 0.2) is 0 Å². The zero-order chi connectivity index (χ0) is 12.7. The summed E-state index contributed by atoms with van der Waals surface area (Å²) in [6.07, 6.45) is 2.02. The van der Waals surface area contributed by atoms with Gasteiger partial charge in [0, 0.05) is 19.0 Å². The largest absolute Gasteiger partial charge is 0.427 e. The Morgan fingerprint density at radius 2 is 1.88 bits per heavy atom. The quantitative estimate of drug-likeness (QED) is 0.483. The molecule has 17 heavy (non-hydrogen) atoms. The lowest BCUT2D eigenvalue weighted by atomic mass is 10.2. The van der Waals surface area contributed by atoms with Crippen LogP contribution >= 0.6 is 0 Å². The first-order chi connectivity index (χ1) is 8.13. The zero-order valence-electron chi connectivity index (χ0n) is 10.2. The second kappa shape index (κ2) is 6.68. The summed E-state index contributed by atoms with van der Waals surface area (Å²) in [6, 6.07) is 6.49. The minimum atomic E-state index is -0.370. The van der Waals surface area contributed by atoms with Crippen LogP contribution < -0.4 is 10.1 Å². The summed E-state index contributed by atoms with van der Waals surface area (Å²) >= 11 is 0. The molecule has 1 rings (SSSR count). The van der Waals surface area contributed by atoms with Crippen LogP contribution in [0.3, 0.4) is 0 Å². The van der Waals surface area contributed by atoms with E-state index < -0.39 is 0 Å². The lowest BCUT2D eigenvalue weighted by Gasteiger charge is -2.05. The lowest BCUT2D eigenvalue weighted by molar-refractivity contribution is -0.131. The minimum Gasteiger partial charge on any atom is -0.427 e. The maximum absolute atomic E-state index is 11.6. The first-order valence-corrected chi connectivity index (χ1v) is 5.70. The molecule has 1 aromatic rings. The Bertz CT molecular complexity index is 384. The Labute approximate surface area is 101 Å². The molecule has 92 valence electrons. The third-order valence-corrected chi connectivity index (χ3v) is 2.19. The van der Waals surface area contributed by atoms with Gasteiger partial charge in [0.2, 0.25) is 0 Å². The van der Waals surface area contributed by atoms with Crippen molar-refractivity contribution in [3.05, 3.63) is 29.8 Å². The number of carbonyl (C=O) groups excluding carboxylic acids is 2. The number of nitrogens with one attached hydrogen (secondary N) is 1. The second-order valence-electron chi connectivity index (χ2n) is 3.73. The van der Waals surface area contributed by atoms with Gasteiger partial charge in [0.25, 0.3) is 5.91 Å². The molecule has 0 spiro atoms. The summed E-state index contributed by atoms with van der Waals surface area (Å²) in [5.41, 5.74) is 0.567. The first-order valence-electron chi connectivity index (χ1n) is 5.70. The van der Waals surface area contributed by atoms with Crippen LogP contribution in [0.15, 0.2) is 24.3 Å². The number of benzene rings is 1. The average molecular weight is 235 g/mol. The molecule has 0 unspecified atom stereocenters. The third-order valence-electron chi connectivity index (χ3n) is 2.19. The summed E-state index contributed by atoms with van der Waals surface area (Å²) in [7, 11) is 0. The minimum absolute atomic E-state index is 0.104. The highest BCUT2D eigenvalue weighted by atomic mass is 16.5. The monoisotopic (exact) mass is 235 g/mol. The number of amides is 1. The van der Waals surface area contributed by atoms with Gasteiger partial charge >= 0.3 is 5.97 Å². The highest BCUT2D eigenvalue weighted by molar-refractivity contribution is 5.94. The van der Waals surface area contributed by atoms with Crippen LogP contribution in [0, 0.1) is 0 Å². The SMILES string of the molecule is CCCCNC(=O)c1ccc(OC(C)=O)cc1. The normalized spacial score (nSPS) is 9.76. The fraction of sp³-hybridized carbons (Fsp3) is 0.385. The smallest absolute Gasteiger partial charge is 0.308 e. The van der Waals surface area contributed by atoms with Crippen molar-refractivity contribution in [2.45, 2.75) is 26.7 Å². The van der Waals surface area contributed by atoms with Gasteiger partial charge in [0.05, 0.1) is 0 Å². The zero-order valence-corrected chi connectivity index (χ0v) is 10.2. The van der Waals surface area contributed by atoms with Gasteiger partial charge in [0.1, 0.15) is 5.75 Å². The van der Waals surface area contributed by atoms with E-state index in [1.54, 1.807) is 24.3 Å². The Hall–Kier alpha value is -1.84. The molecule has 1 amide bonds. The van der Waals surface area contributed by atoms with Gasteiger partial charge in [-0.1, -0.05) is 13.3 Å². The van der Waals surface area contributed by atoms with Gasteiger partial charge in [-0.25, -0.2) is 0 Å². The Kier molecular flexibility index (Phi) is 5.20. The molecule has 4 nitrogen and oxygen atoms in total. The molecule has 0 fully saturated rings. The summed E-state index contributed by atoms with van der Waals surface area (Å²) in [5, 5.41) is 2.81. The highest BCUT2D eigenvalue weighted by Crippen LogP contribution is 2.12. The molecule has 0 bridgehead atoms. The third kappa shape index (κ3) is 4.68. The van der Waals surface area contributed by atoms with Gasteiger partial charge in [-0.05, 0) is 30.7 Å². The van der Waals surface area contributed by atoms with Gasteiger partial charge in [-0.2, -0.15) is 0 Å². The molecule has 0 radical (unpaired) electrons. The van der Waals surface area contributed by atoms with E-state index in [2.05, 4.69) is 12.2 Å². The van der Waals surface area contributed by atoms with Crippen LogP contribution in [0.25, 0.3) is 0 Å². The van der Waals surface area contributed by atoms with E-state index >= 15 is 0 Å². The Morgan fingerprint density at radius 3 is 2.41 bits per heavy atom. The van der Waals surface area contributed by atoms with Crippen LogP contribution in [-0.4, -0.2) is 18.4 Å².